The maximum absolute atomic E-state index is 12.5. The normalized spacial score (nSPS) is 10.6. The maximum Gasteiger partial charge on any atom is 0.212 e. The molecule has 0 amide bonds. The van der Waals surface area contributed by atoms with Crippen LogP contribution in [0.3, 0.4) is 0 Å². The molecule has 0 atom stereocenters. The fraction of sp³-hybridized carbons (Fsp3) is 0.111. The predicted molar refractivity (Wildman–Crippen MR) is 101 cm³/mol. The molecule has 6 heteroatoms. The number of carbonyl (C=O) groups excluding carboxylic acids is 1. The van der Waals surface area contributed by atoms with Crippen molar-refractivity contribution in [3.05, 3.63) is 68.6 Å². The fourth-order valence-corrected chi connectivity index (χ4v) is 3.95. The Morgan fingerprint density at radius 1 is 1.25 bits per heavy atom. The van der Waals surface area contributed by atoms with Gasteiger partial charge in [-0.1, -0.05) is 41.9 Å². The minimum Gasteiger partial charge on any atom is -0.484 e. The number of aromatic nitrogens is 1. The van der Waals surface area contributed by atoms with Crippen molar-refractivity contribution in [2.75, 3.05) is 6.61 Å². The summed E-state index contributed by atoms with van der Waals surface area (Å²) in [6.07, 6.45) is 0. The van der Waals surface area contributed by atoms with E-state index >= 15 is 0 Å². The Kier molecular flexibility index (Phi) is 5.33. The molecule has 3 aromatic rings. The molecule has 0 aliphatic rings. The molecular formula is C18H13BrClNO2S. The zero-order valence-electron chi connectivity index (χ0n) is 12.8. The molecule has 0 fully saturated rings. The number of ketones is 1. The summed E-state index contributed by atoms with van der Waals surface area (Å²) in [5.41, 5.74) is 1.73. The molecule has 122 valence electrons. The first-order chi connectivity index (χ1) is 11.5. The minimum absolute atomic E-state index is 0.0442. The molecule has 3 rings (SSSR count). The van der Waals surface area contributed by atoms with Crippen LogP contribution in [0.5, 0.6) is 5.75 Å². The van der Waals surface area contributed by atoms with Crippen LogP contribution >= 0.6 is 38.9 Å². The molecule has 0 aliphatic heterocycles. The number of halogens is 2. The largest absolute Gasteiger partial charge is 0.484 e. The number of rotatable bonds is 5. The van der Waals surface area contributed by atoms with E-state index in [1.54, 1.807) is 18.2 Å². The second-order valence-electron chi connectivity index (χ2n) is 5.09. The highest BCUT2D eigenvalue weighted by molar-refractivity contribution is 9.10. The molecular weight excluding hydrogens is 410 g/mol. The highest BCUT2D eigenvalue weighted by Crippen LogP contribution is 2.30. The lowest BCUT2D eigenvalue weighted by atomic mass is 10.2. The second kappa shape index (κ2) is 7.47. The highest BCUT2D eigenvalue weighted by Gasteiger charge is 2.17. The predicted octanol–water partition coefficient (Wildman–Crippen LogP) is 5.80. The third-order valence-electron chi connectivity index (χ3n) is 3.32. The minimum atomic E-state index is -0.0889. The summed E-state index contributed by atoms with van der Waals surface area (Å²) < 4.78 is 6.32. The van der Waals surface area contributed by atoms with Gasteiger partial charge in [-0.05, 0) is 41.1 Å². The maximum atomic E-state index is 12.5. The zero-order valence-corrected chi connectivity index (χ0v) is 15.9. The number of hydrogen-bond donors (Lipinski definition) is 0. The summed E-state index contributed by atoms with van der Waals surface area (Å²) >= 11 is 10.7. The molecule has 3 nitrogen and oxygen atoms in total. The fourth-order valence-electron chi connectivity index (χ4n) is 2.16. The van der Waals surface area contributed by atoms with Crippen LogP contribution in [0.1, 0.15) is 15.4 Å². The van der Waals surface area contributed by atoms with Gasteiger partial charge in [0, 0.05) is 10.6 Å². The van der Waals surface area contributed by atoms with Crippen molar-refractivity contribution >= 4 is 44.7 Å². The van der Waals surface area contributed by atoms with E-state index in [9.17, 15) is 4.79 Å². The van der Waals surface area contributed by atoms with Crippen LogP contribution < -0.4 is 4.74 Å². The molecule has 0 spiro atoms. The van der Waals surface area contributed by atoms with Crippen molar-refractivity contribution in [2.24, 2.45) is 0 Å². The molecule has 1 heterocycles. The van der Waals surface area contributed by atoms with Crippen LogP contribution in [-0.4, -0.2) is 17.4 Å². The lowest BCUT2D eigenvalue weighted by Gasteiger charge is -2.07. The van der Waals surface area contributed by atoms with Crippen molar-refractivity contribution in [1.29, 1.82) is 0 Å². The van der Waals surface area contributed by atoms with Crippen LogP contribution in [0.4, 0.5) is 0 Å². The van der Waals surface area contributed by atoms with Crippen molar-refractivity contribution < 1.29 is 9.53 Å². The molecule has 0 unspecified atom stereocenters. The van der Waals surface area contributed by atoms with E-state index in [2.05, 4.69) is 20.9 Å². The molecule has 24 heavy (non-hydrogen) atoms. The van der Waals surface area contributed by atoms with E-state index in [0.29, 0.717) is 20.1 Å². The van der Waals surface area contributed by atoms with Crippen LogP contribution in [0.15, 0.2) is 53.0 Å². The van der Waals surface area contributed by atoms with Crippen molar-refractivity contribution in [2.45, 2.75) is 6.92 Å². The van der Waals surface area contributed by atoms with Gasteiger partial charge in [-0.25, -0.2) is 4.98 Å². The standard InChI is InChI=1S/C18H13BrClNO2S/c1-11-17(24-18(21-11)12-5-3-2-4-6-12)15(22)10-23-16-8-7-13(20)9-14(16)19/h2-9H,10H2,1H3. The average molecular weight is 423 g/mol. The monoisotopic (exact) mass is 421 g/mol. The Bertz CT molecular complexity index is 880. The van der Waals surface area contributed by atoms with Gasteiger partial charge in [0.25, 0.3) is 0 Å². The highest BCUT2D eigenvalue weighted by atomic mass is 79.9. The number of benzene rings is 2. The summed E-state index contributed by atoms with van der Waals surface area (Å²) in [5, 5.41) is 1.44. The molecule has 0 radical (unpaired) electrons. The Morgan fingerprint density at radius 3 is 2.71 bits per heavy atom. The Balaban J connectivity index is 1.75. The van der Waals surface area contributed by atoms with E-state index in [0.717, 1.165) is 16.3 Å². The van der Waals surface area contributed by atoms with E-state index < -0.39 is 0 Å². The first kappa shape index (κ1) is 17.1. The quantitative estimate of drug-likeness (QED) is 0.488. The summed E-state index contributed by atoms with van der Waals surface area (Å²) in [7, 11) is 0. The second-order valence-corrected chi connectivity index (χ2v) is 7.38. The Labute approximate surface area is 157 Å². The van der Waals surface area contributed by atoms with Crippen LogP contribution in [0.25, 0.3) is 10.6 Å². The van der Waals surface area contributed by atoms with Gasteiger partial charge in [0.2, 0.25) is 5.78 Å². The molecule has 0 N–H and O–H groups in total. The van der Waals surface area contributed by atoms with Gasteiger partial charge in [-0.2, -0.15) is 0 Å². The van der Waals surface area contributed by atoms with Gasteiger partial charge in [-0.15, -0.1) is 11.3 Å². The number of nitrogens with zero attached hydrogens (tertiary/aromatic N) is 1. The molecule has 0 aliphatic carbocycles. The number of carbonyl (C=O) groups is 1. The van der Waals surface area contributed by atoms with E-state index in [4.69, 9.17) is 16.3 Å². The lowest BCUT2D eigenvalue weighted by Crippen LogP contribution is -2.11. The summed E-state index contributed by atoms with van der Waals surface area (Å²) in [6.45, 7) is 1.80. The third kappa shape index (κ3) is 3.86. The van der Waals surface area contributed by atoms with E-state index in [-0.39, 0.29) is 12.4 Å². The molecule has 0 bridgehead atoms. The van der Waals surface area contributed by atoms with Gasteiger partial charge < -0.3 is 4.74 Å². The number of hydrogen-bond acceptors (Lipinski definition) is 4. The van der Waals surface area contributed by atoms with E-state index in [1.807, 2.05) is 37.3 Å². The van der Waals surface area contributed by atoms with E-state index in [1.165, 1.54) is 11.3 Å². The van der Waals surface area contributed by atoms with Gasteiger partial charge in [-0.3, -0.25) is 4.79 Å². The van der Waals surface area contributed by atoms with Crippen LogP contribution in [0, 0.1) is 6.92 Å². The van der Waals surface area contributed by atoms with Gasteiger partial charge in [0.05, 0.1) is 15.0 Å². The first-order valence-electron chi connectivity index (χ1n) is 7.18. The van der Waals surface area contributed by atoms with Gasteiger partial charge in [0.1, 0.15) is 10.8 Å². The van der Waals surface area contributed by atoms with Gasteiger partial charge in [0.15, 0.2) is 6.61 Å². The molecule has 0 saturated heterocycles. The summed E-state index contributed by atoms with van der Waals surface area (Å²) in [6, 6.07) is 15.0. The summed E-state index contributed by atoms with van der Waals surface area (Å²) in [5.74, 6) is 0.493. The number of thiazole rings is 1. The van der Waals surface area contributed by atoms with Gasteiger partial charge >= 0.3 is 0 Å². The SMILES string of the molecule is Cc1nc(-c2ccccc2)sc1C(=O)COc1ccc(Cl)cc1Br. The molecule has 1 aromatic heterocycles. The van der Waals surface area contributed by atoms with Crippen LogP contribution in [0.2, 0.25) is 5.02 Å². The lowest BCUT2D eigenvalue weighted by molar-refractivity contribution is 0.0924. The zero-order chi connectivity index (χ0) is 17.1. The third-order valence-corrected chi connectivity index (χ3v) is 5.43. The molecule has 0 saturated carbocycles. The average Bonchev–Trinajstić information content (AvgIpc) is 2.96. The van der Waals surface area contributed by atoms with Crippen molar-refractivity contribution in [3.63, 3.8) is 0 Å². The number of ether oxygens (including phenoxy) is 1. The van der Waals surface area contributed by atoms with Crippen molar-refractivity contribution in [1.82, 2.24) is 4.98 Å². The summed E-state index contributed by atoms with van der Waals surface area (Å²) in [4.78, 5) is 17.6. The molecule has 2 aromatic carbocycles. The Hall–Kier alpha value is -1.69. The smallest absolute Gasteiger partial charge is 0.212 e. The number of aryl methyl sites for hydroxylation is 1. The number of Topliss-reactive ketones (excluding diaryl/α,β-unsaturated/α-hetero) is 1. The topological polar surface area (TPSA) is 39.2 Å². The van der Waals surface area contributed by atoms with Crippen LogP contribution in [-0.2, 0) is 0 Å². The Morgan fingerprint density at radius 2 is 2.00 bits per heavy atom. The first-order valence-corrected chi connectivity index (χ1v) is 9.17. The van der Waals surface area contributed by atoms with Crippen molar-refractivity contribution in [3.8, 4) is 16.3 Å².